The first-order valence-electron chi connectivity index (χ1n) is 5.26. The van der Waals surface area contributed by atoms with Crippen molar-refractivity contribution in [2.45, 2.75) is 18.6 Å². The Labute approximate surface area is 99.8 Å². The van der Waals surface area contributed by atoms with Crippen LogP contribution in [-0.2, 0) is 14.3 Å². The number of amides is 1. The van der Waals surface area contributed by atoms with E-state index in [0.717, 1.165) is 0 Å². The minimum absolute atomic E-state index is 0.231. The van der Waals surface area contributed by atoms with Crippen LogP contribution in [0.15, 0.2) is 12.2 Å². The van der Waals surface area contributed by atoms with Crippen LogP contribution in [0, 0.1) is 5.92 Å². The Morgan fingerprint density at radius 1 is 1.29 bits per heavy atom. The van der Waals surface area contributed by atoms with Gasteiger partial charge in [0, 0.05) is 7.05 Å². The second kappa shape index (κ2) is 5.67. The molecule has 0 aromatic carbocycles. The van der Waals surface area contributed by atoms with Gasteiger partial charge in [-0.15, -0.1) is 0 Å². The summed E-state index contributed by atoms with van der Waals surface area (Å²) in [6.07, 6.45) is 2.18. The van der Waals surface area contributed by atoms with Crippen molar-refractivity contribution in [2.75, 3.05) is 21.3 Å². The quantitative estimate of drug-likeness (QED) is 0.552. The minimum atomic E-state index is -0.693. The number of methoxy groups -OCH3 is 2. The zero-order chi connectivity index (χ0) is 13.0. The van der Waals surface area contributed by atoms with Gasteiger partial charge in [-0.2, -0.15) is 0 Å². The van der Waals surface area contributed by atoms with Crippen molar-refractivity contribution >= 4 is 12.1 Å². The molecule has 0 spiro atoms. The van der Waals surface area contributed by atoms with E-state index in [9.17, 15) is 14.7 Å². The lowest BCUT2D eigenvalue weighted by molar-refractivity contribution is -0.148. The standard InChI is InChI=1S/C11H17NO5/c1-12(11(15)17-3)9-5-4-7(13)6-8(9)10(14)16-2/h4-5,7-9,13H,6H2,1-3H3/t7-,8-,9+/m1/s1. The summed E-state index contributed by atoms with van der Waals surface area (Å²) in [7, 11) is 4.09. The van der Waals surface area contributed by atoms with Crippen LogP contribution in [0.5, 0.6) is 0 Å². The van der Waals surface area contributed by atoms with Crippen LogP contribution in [0.1, 0.15) is 6.42 Å². The Balaban J connectivity index is 2.89. The van der Waals surface area contributed by atoms with Crippen LogP contribution in [-0.4, -0.2) is 55.5 Å². The predicted octanol–water partition coefficient (Wildman–Crippen LogP) is 0.163. The number of likely N-dealkylation sites (N-methyl/N-ethyl adjacent to an activating group) is 1. The number of aliphatic hydroxyl groups excluding tert-OH is 1. The summed E-state index contributed by atoms with van der Waals surface area (Å²) in [5, 5.41) is 9.49. The molecule has 1 N–H and O–H groups in total. The van der Waals surface area contributed by atoms with E-state index in [-0.39, 0.29) is 6.42 Å². The lowest BCUT2D eigenvalue weighted by Gasteiger charge is -2.33. The molecule has 0 heterocycles. The topological polar surface area (TPSA) is 76.1 Å². The Kier molecular flexibility index (Phi) is 4.51. The van der Waals surface area contributed by atoms with E-state index < -0.39 is 30.1 Å². The van der Waals surface area contributed by atoms with Gasteiger partial charge in [0.05, 0.1) is 32.3 Å². The fraction of sp³-hybridized carbons (Fsp3) is 0.636. The zero-order valence-electron chi connectivity index (χ0n) is 10.1. The van der Waals surface area contributed by atoms with Crippen molar-refractivity contribution < 1.29 is 24.2 Å². The molecule has 1 amide bonds. The highest BCUT2D eigenvalue weighted by Crippen LogP contribution is 2.24. The summed E-state index contributed by atoms with van der Waals surface area (Å²) in [5.74, 6) is -1.03. The molecule has 0 aromatic heterocycles. The molecule has 6 heteroatoms. The lowest BCUT2D eigenvalue weighted by Crippen LogP contribution is -2.46. The molecule has 17 heavy (non-hydrogen) atoms. The van der Waals surface area contributed by atoms with Crippen molar-refractivity contribution in [1.82, 2.24) is 4.90 Å². The molecule has 0 fully saturated rings. The fourth-order valence-corrected chi connectivity index (χ4v) is 1.91. The summed E-state index contributed by atoms with van der Waals surface area (Å²) in [6, 6.07) is -0.460. The van der Waals surface area contributed by atoms with Gasteiger partial charge < -0.3 is 19.5 Å². The van der Waals surface area contributed by atoms with Gasteiger partial charge in [0.15, 0.2) is 0 Å². The first-order valence-corrected chi connectivity index (χ1v) is 5.26. The number of hydrogen-bond acceptors (Lipinski definition) is 5. The highest BCUT2D eigenvalue weighted by Gasteiger charge is 2.36. The minimum Gasteiger partial charge on any atom is -0.469 e. The van der Waals surface area contributed by atoms with Crippen LogP contribution in [0.4, 0.5) is 4.79 Å². The van der Waals surface area contributed by atoms with Crippen molar-refractivity contribution in [3.63, 3.8) is 0 Å². The lowest BCUT2D eigenvalue weighted by atomic mass is 9.87. The molecule has 0 unspecified atom stereocenters. The van der Waals surface area contributed by atoms with Crippen LogP contribution < -0.4 is 0 Å². The van der Waals surface area contributed by atoms with Gasteiger partial charge in [0.1, 0.15) is 0 Å². The Morgan fingerprint density at radius 2 is 1.94 bits per heavy atom. The van der Waals surface area contributed by atoms with Gasteiger partial charge in [-0.3, -0.25) is 4.79 Å². The molecule has 0 aromatic rings. The molecule has 3 atom stereocenters. The predicted molar refractivity (Wildman–Crippen MR) is 59.2 cm³/mol. The molecule has 1 aliphatic carbocycles. The number of esters is 1. The molecule has 0 bridgehead atoms. The third-order valence-electron chi connectivity index (χ3n) is 2.85. The van der Waals surface area contributed by atoms with Gasteiger partial charge in [0.2, 0.25) is 0 Å². The first-order chi connectivity index (χ1) is 8.01. The van der Waals surface area contributed by atoms with E-state index >= 15 is 0 Å². The normalized spacial score (nSPS) is 27.4. The van der Waals surface area contributed by atoms with Crippen LogP contribution in [0.25, 0.3) is 0 Å². The van der Waals surface area contributed by atoms with Crippen molar-refractivity contribution in [1.29, 1.82) is 0 Å². The molecular formula is C11H17NO5. The molecule has 0 radical (unpaired) electrons. The molecule has 0 saturated heterocycles. The van der Waals surface area contributed by atoms with Gasteiger partial charge in [0.25, 0.3) is 0 Å². The average Bonchev–Trinajstić information content (AvgIpc) is 2.35. The number of ether oxygens (including phenoxy) is 2. The molecule has 1 aliphatic rings. The second-order valence-electron chi connectivity index (χ2n) is 3.89. The fourth-order valence-electron chi connectivity index (χ4n) is 1.91. The van der Waals surface area contributed by atoms with Gasteiger partial charge in [-0.05, 0) is 6.42 Å². The number of rotatable bonds is 2. The highest BCUT2D eigenvalue weighted by molar-refractivity contribution is 5.76. The van der Waals surface area contributed by atoms with E-state index in [1.165, 1.54) is 26.2 Å². The molecule has 96 valence electrons. The maximum absolute atomic E-state index is 11.6. The number of nitrogens with zero attached hydrogens (tertiary/aromatic N) is 1. The maximum Gasteiger partial charge on any atom is 0.409 e. The summed E-state index contributed by atoms with van der Waals surface area (Å²) in [5.41, 5.74) is 0. The zero-order valence-corrected chi connectivity index (χ0v) is 10.1. The van der Waals surface area contributed by atoms with E-state index in [1.807, 2.05) is 0 Å². The van der Waals surface area contributed by atoms with Crippen molar-refractivity contribution in [3.05, 3.63) is 12.2 Å². The largest absolute Gasteiger partial charge is 0.469 e. The Bertz CT molecular complexity index is 328. The van der Waals surface area contributed by atoms with Crippen molar-refractivity contribution in [2.24, 2.45) is 5.92 Å². The van der Waals surface area contributed by atoms with Crippen LogP contribution in [0.3, 0.4) is 0 Å². The van der Waals surface area contributed by atoms with E-state index in [4.69, 9.17) is 0 Å². The number of carbonyl (C=O) groups excluding carboxylic acids is 2. The molecule has 0 saturated carbocycles. The number of carbonyl (C=O) groups is 2. The van der Waals surface area contributed by atoms with Gasteiger partial charge in [-0.25, -0.2) is 4.79 Å². The van der Waals surface area contributed by atoms with E-state index in [2.05, 4.69) is 9.47 Å². The summed E-state index contributed by atoms with van der Waals surface area (Å²) < 4.78 is 9.26. The average molecular weight is 243 g/mol. The first kappa shape index (κ1) is 13.5. The van der Waals surface area contributed by atoms with E-state index in [1.54, 1.807) is 12.2 Å². The third-order valence-corrected chi connectivity index (χ3v) is 2.85. The second-order valence-corrected chi connectivity index (χ2v) is 3.89. The highest BCUT2D eigenvalue weighted by atomic mass is 16.5. The Hall–Kier alpha value is -1.56. The van der Waals surface area contributed by atoms with Crippen LogP contribution in [0.2, 0.25) is 0 Å². The molecule has 0 aliphatic heterocycles. The van der Waals surface area contributed by atoms with Crippen LogP contribution >= 0.6 is 0 Å². The SMILES string of the molecule is COC(=O)[C@@H]1C[C@H](O)C=C[C@@H]1N(C)C(=O)OC. The molecule has 1 rings (SSSR count). The molecule has 6 nitrogen and oxygen atoms in total. The third kappa shape index (κ3) is 2.97. The Morgan fingerprint density at radius 3 is 2.47 bits per heavy atom. The monoisotopic (exact) mass is 243 g/mol. The van der Waals surface area contributed by atoms with Gasteiger partial charge in [-0.1, -0.05) is 12.2 Å². The summed E-state index contributed by atoms with van der Waals surface area (Å²) in [4.78, 5) is 24.3. The smallest absolute Gasteiger partial charge is 0.409 e. The van der Waals surface area contributed by atoms with Crippen molar-refractivity contribution in [3.8, 4) is 0 Å². The summed E-state index contributed by atoms with van der Waals surface area (Å²) >= 11 is 0. The van der Waals surface area contributed by atoms with Gasteiger partial charge >= 0.3 is 12.1 Å². The molecular weight excluding hydrogens is 226 g/mol. The summed E-state index contributed by atoms with van der Waals surface area (Å²) in [6.45, 7) is 0. The number of aliphatic hydroxyl groups is 1. The van der Waals surface area contributed by atoms with E-state index in [0.29, 0.717) is 0 Å². The number of hydrogen-bond donors (Lipinski definition) is 1. The maximum atomic E-state index is 11.6.